The van der Waals surface area contributed by atoms with Gasteiger partial charge in [-0.05, 0) is 61.4 Å². The molecule has 1 atom stereocenters. The molecule has 6 heteroatoms. The van der Waals surface area contributed by atoms with Crippen LogP contribution in [-0.2, 0) is 0 Å². The summed E-state index contributed by atoms with van der Waals surface area (Å²) in [4.78, 5) is 26.6. The van der Waals surface area contributed by atoms with Gasteiger partial charge in [-0.3, -0.25) is 4.79 Å². The summed E-state index contributed by atoms with van der Waals surface area (Å²) in [6.45, 7) is 3.78. The maximum absolute atomic E-state index is 12.5. The van der Waals surface area contributed by atoms with Gasteiger partial charge in [-0.25, -0.2) is 4.79 Å². The molecule has 4 rings (SSSR count). The molecule has 0 bridgehead atoms. The summed E-state index contributed by atoms with van der Waals surface area (Å²) in [7, 11) is 0. The molecule has 0 spiro atoms. The highest BCUT2D eigenvalue weighted by Crippen LogP contribution is 2.33. The smallest absolute Gasteiger partial charge is 0.337 e. The zero-order valence-corrected chi connectivity index (χ0v) is 17.9. The molecule has 5 nitrogen and oxygen atoms in total. The molecule has 3 aromatic carbocycles. The predicted octanol–water partition coefficient (Wildman–Crippen LogP) is 5.59. The molecule has 2 N–H and O–H groups in total. The molecular formula is C25H23ClN2O3. The average molecular weight is 435 g/mol. The molecule has 1 amide bonds. The summed E-state index contributed by atoms with van der Waals surface area (Å²) in [6, 6.07) is 20.1. The van der Waals surface area contributed by atoms with Crippen molar-refractivity contribution in [3.8, 4) is 0 Å². The Labute approximate surface area is 186 Å². The van der Waals surface area contributed by atoms with E-state index in [-0.39, 0.29) is 17.2 Å². The van der Waals surface area contributed by atoms with E-state index in [1.54, 1.807) is 36.4 Å². The Morgan fingerprint density at radius 2 is 1.84 bits per heavy atom. The molecule has 1 aliphatic heterocycles. The van der Waals surface area contributed by atoms with E-state index in [2.05, 4.69) is 41.4 Å². The van der Waals surface area contributed by atoms with Crippen LogP contribution in [0.3, 0.4) is 0 Å². The van der Waals surface area contributed by atoms with Crippen molar-refractivity contribution in [1.82, 2.24) is 0 Å². The van der Waals surface area contributed by atoms with Crippen molar-refractivity contribution < 1.29 is 14.7 Å². The standard InChI is InChI=1S/C25H23ClN2O3/c1-16-3-2-4-18(13-16)19-11-12-28(15-19)21-9-10-23(22(14-21)25(30)31)27-24(29)17-5-7-20(26)8-6-17/h2-10,13-14,19H,11-12,15H2,1H3,(H,27,29)(H,30,31)/t19-/m1/s1. The number of anilines is 2. The summed E-state index contributed by atoms with van der Waals surface area (Å²) >= 11 is 5.87. The van der Waals surface area contributed by atoms with Crippen LogP contribution >= 0.6 is 11.6 Å². The van der Waals surface area contributed by atoms with Gasteiger partial charge in [0.05, 0.1) is 11.3 Å². The molecule has 31 heavy (non-hydrogen) atoms. The van der Waals surface area contributed by atoms with Crippen molar-refractivity contribution in [2.45, 2.75) is 19.3 Å². The number of nitrogens with zero attached hydrogens (tertiary/aromatic N) is 1. The Morgan fingerprint density at radius 3 is 2.55 bits per heavy atom. The van der Waals surface area contributed by atoms with Crippen LogP contribution in [0.4, 0.5) is 11.4 Å². The van der Waals surface area contributed by atoms with Gasteiger partial charge in [0.1, 0.15) is 0 Å². The SMILES string of the molecule is Cc1cccc([C@@H]2CCN(c3ccc(NC(=O)c4ccc(Cl)cc4)c(C(=O)O)c3)C2)c1. The lowest BCUT2D eigenvalue weighted by Gasteiger charge is -2.20. The molecule has 0 aromatic heterocycles. The quantitative estimate of drug-likeness (QED) is 0.549. The molecule has 0 aliphatic carbocycles. The highest BCUT2D eigenvalue weighted by atomic mass is 35.5. The van der Waals surface area contributed by atoms with Crippen LogP contribution in [-0.4, -0.2) is 30.1 Å². The third-order valence-electron chi connectivity index (χ3n) is 5.66. The Hall–Kier alpha value is -3.31. The topological polar surface area (TPSA) is 69.6 Å². The van der Waals surface area contributed by atoms with E-state index in [0.29, 0.717) is 16.5 Å². The fourth-order valence-electron chi connectivity index (χ4n) is 4.00. The van der Waals surface area contributed by atoms with E-state index in [0.717, 1.165) is 25.2 Å². The molecule has 1 fully saturated rings. The highest BCUT2D eigenvalue weighted by molar-refractivity contribution is 6.30. The fourth-order valence-corrected chi connectivity index (χ4v) is 4.13. The molecule has 0 radical (unpaired) electrons. The number of carboxylic acid groups (broad SMARTS) is 1. The number of aromatic carboxylic acids is 1. The summed E-state index contributed by atoms with van der Waals surface area (Å²) in [5, 5.41) is 13.0. The zero-order chi connectivity index (χ0) is 22.0. The first kappa shape index (κ1) is 20.9. The zero-order valence-electron chi connectivity index (χ0n) is 17.1. The number of benzene rings is 3. The molecule has 1 aliphatic rings. The van der Waals surface area contributed by atoms with E-state index >= 15 is 0 Å². The average Bonchev–Trinajstić information content (AvgIpc) is 3.24. The lowest BCUT2D eigenvalue weighted by atomic mass is 9.97. The lowest BCUT2D eigenvalue weighted by Crippen LogP contribution is -2.20. The summed E-state index contributed by atoms with van der Waals surface area (Å²) in [5.41, 5.74) is 4.14. The number of carboxylic acids is 1. The van der Waals surface area contributed by atoms with Crippen molar-refractivity contribution in [1.29, 1.82) is 0 Å². The normalized spacial score (nSPS) is 15.7. The van der Waals surface area contributed by atoms with Crippen LogP contribution in [0.25, 0.3) is 0 Å². The minimum atomic E-state index is -1.08. The summed E-state index contributed by atoms with van der Waals surface area (Å²) < 4.78 is 0. The van der Waals surface area contributed by atoms with Gasteiger partial charge in [0.25, 0.3) is 5.91 Å². The molecule has 158 valence electrons. The summed E-state index contributed by atoms with van der Waals surface area (Å²) in [6.07, 6.45) is 1.01. The highest BCUT2D eigenvalue weighted by Gasteiger charge is 2.25. The minimum absolute atomic E-state index is 0.0684. The third-order valence-corrected chi connectivity index (χ3v) is 5.91. The van der Waals surface area contributed by atoms with Gasteiger partial charge in [0.15, 0.2) is 0 Å². The van der Waals surface area contributed by atoms with Crippen molar-refractivity contribution in [3.05, 3.63) is 94.0 Å². The summed E-state index contributed by atoms with van der Waals surface area (Å²) in [5.74, 6) is -1.05. The van der Waals surface area contributed by atoms with E-state index in [4.69, 9.17) is 11.6 Å². The van der Waals surface area contributed by atoms with Gasteiger partial charge < -0.3 is 15.3 Å². The van der Waals surface area contributed by atoms with E-state index in [9.17, 15) is 14.7 Å². The number of amides is 1. The molecule has 3 aromatic rings. The number of carbonyl (C=O) groups is 2. The van der Waals surface area contributed by atoms with E-state index in [1.165, 1.54) is 11.1 Å². The Balaban J connectivity index is 1.53. The Kier molecular flexibility index (Phi) is 5.96. The van der Waals surface area contributed by atoms with Crippen LogP contribution in [0.1, 0.15) is 44.2 Å². The third kappa shape index (κ3) is 4.72. The Morgan fingerprint density at radius 1 is 1.06 bits per heavy atom. The number of hydrogen-bond donors (Lipinski definition) is 2. The van der Waals surface area contributed by atoms with Crippen LogP contribution in [0, 0.1) is 6.92 Å². The largest absolute Gasteiger partial charge is 0.478 e. The first-order valence-corrected chi connectivity index (χ1v) is 10.5. The molecule has 0 unspecified atom stereocenters. The van der Waals surface area contributed by atoms with E-state index < -0.39 is 5.97 Å². The maximum atomic E-state index is 12.5. The number of nitrogens with one attached hydrogen (secondary N) is 1. The molecule has 0 saturated carbocycles. The second-order valence-electron chi connectivity index (χ2n) is 7.84. The van der Waals surface area contributed by atoms with Crippen molar-refractivity contribution in [2.24, 2.45) is 0 Å². The second kappa shape index (κ2) is 8.82. The van der Waals surface area contributed by atoms with Gasteiger partial charge in [-0.2, -0.15) is 0 Å². The number of rotatable bonds is 5. The van der Waals surface area contributed by atoms with Crippen molar-refractivity contribution >= 4 is 34.9 Å². The van der Waals surface area contributed by atoms with Crippen molar-refractivity contribution in [2.75, 3.05) is 23.3 Å². The van der Waals surface area contributed by atoms with Crippen LogP contribution < -0.4 is 10.2 Å². The van der Waals surface area contributed by atoms with Gasteiger partial charge in [0, 0.05) is 35.3 Å². The number of carbonyl (C=O) groups excluding carboxylic acids is 1. The number of halogens is 1. The van der Waals surface area contributed by atoms with Crippen LogP contribution in [0.5, 0.6) is 0 Å². The van der Waals surface area contributed by atoms with Gasteiger partial charge in [-0.15, -0.1) is 0 Å². The lowest BCUT2D eigenvalue weighted by molar-refractivity contribution is 0.0698. The number of aryl methyl sites for hydroxylation is 1. The molecular weight excluding hydrogens is 412 g/mol. The predicted molar refractivity (Wildman–Crippen MR) is 124 cm³/mol. The molecule has 1 heterocycles. The van der Waals surface area contributed by atoms with Gasteiger partial charge in [-0.1, -0.05) is 41.4 Å². The molecule has 1 saturated heterocycles. The number of hydrogen-bond acceptors (Lipinski definition) is 3. The van der Waals surface area contributed by atoms with E-state index in [1.807, 2.05) is 6.07 Å². The fraction of sp³-hybridized carbons (Fsp3) is 0.200. The first-order valence-electron chi connectivity index (χ1n) is 10.2. The van der Waals surface area contributed by atoms with Gasteiger partial charge >= 0.3 is 5.97 Å². The maximum Gasteiger partial charge on any atom is 0.337 e. The van der Waals surface area contributed by atoms with Crippen LogP contribution in [0.2, 0.25) is 5.02 Å². The van der Waals surface area contributed by atoms with Gasteiger partial charge in [0.2, 0.25) is 0 Å². The van der Waals surface area contributed by atoms with Crippen molar-refractivity contribution in [3.63, 3.8) is 0 Å². The van der Waals surface area contributed by atoms with Crippen LogP contribution in [0.15, 0.2) is 66.7 Å². The second-order valence-corrected chi connectivity index (χ2v) is 8.28. The minimum Gasteiger partial charge on any atom is -0.478 e. The Bertz CT molecular complexity index is 1130. The monoisotopic (exact) mass is 434 g/mol. The first-order chi connectivity index (χ1) is 14.9.